The van der Waals surface area contributed by atoms with Crippen molar-refractivity contribution >= 4 is 31.9 Å². The van der Waals surface area contributed by atoms with Crippen LogP contribution in [0.1, 0.15) is 36.8 Å². The van der Waals surface area contributed by atoms with E-state index in [4.69, 9.17) is 4.98 Å². The Morgan fingerprint density at radius 1 is 1.00 bits per heavy atom. The maximum atomic E-state index is 14.7. The molecule has 0 amide bonds. The van der Waals surface area contributed by atoms with E-state index in [-0.39, 0.29) is 12.2 Å². The molecule has 7 rings (SSSR count). The minimum Gasteiger partial charge on any atom is -0.338 e. The number of nitrogens with zero attached hydrogens (tertiary/aromatic N) is 4. The van der Waals surface area contributed by atoms with Gasteiger partial charge in [-0.15, -0.1) is 0 Å². The quantitative estimate of drug-likeness (QED) is 0.165. The van der Waals surface area contributed by atoms with Crippen LogP contribution in [-0.2, 0) is 22.8 Å². The first-order valence-corrected chi connectivity index (χ1v) is 17.3. The monoisotopic (exact) mass is 623 g/mol. The summed E-state index contributed by atoms with van der Waals surface area (Å²) in [6, 6.07) is 14.5. The highest BCUT2D eigenvalue weighted by Crippen LogP contribution is 2.34. The number of aryl methyl sites for hydroxylation is 1. The van der Waals surface area contributed by atoms with Crippen LogP contribution in [0.25, 0.3) is 55.8 Å². The lowest BCUT2D eigenvalue weighted by molar-refractivity contribution is 0.489. The smallest absolute Gasteiger partial charge is 0.147 e. The van der Waals surface area contributed by atoms with Gasteiger partial charge >= 0.3 is 0 Å². The standard InChI is InChI=1S/C34H34FN7O2S/c1-45(43,44)11-9-22-12-24(15-26(35)14-22)27-8-10-38-34-28(27)16-31(40-34)33-32-30(41-42-33)7-6-29(39-32)25-13-23(19-37-20-25)18-36-17-21-4-2-3-5-21/h6-8,10,12-16,19-21,36H,2-5,9,11,17-18H2,1H3,(H,38,40)(H,41,42). The average molecular weight is 624 g/mol. The van der Waals surface area contributed by atoms with E-state index in [0.717, 1.165) is 58.0 Å². The van der Waals surface area contributed by atoms with Gasteiger partial charge < -0.3 is 10.3 Å². The second kappa shape index (κ2) is 12.1. The fraction of sp³-hybridized carbons (Fsp3) is 0.294. The fourth-order valence-electron chi connectivity index (χ4n) is 6.27. The molecule has 5 aromatic heterocycles. The number of pyridine rings is 3. The molecule has 11 heteroatoms. The van der Waals surface area contributed by atoms with Gasteiger partial charge in [-0.3, -0.25) is 10.1 Å². The third-order valence-corrected chi connectivity index (χ3v) is 9.50. The lowest BCUT2D eigenvalue weighted by atomic mass is 10.00. The van der Waals surface area contributed by atoms with Gasteiger partial charge in [-0.1, -0.05) is 18.9 Å². The third-order valence-electron chi connectivity index (χ3n) is 8.55. The number of benzene rings is 1. The van der Waals surface area contributed by atoms with E-state index in [2.05, 4.69) is 36.5 Å². The first-order valence-electron chi connectivity index (χ1n) is 15.2. The SMILES string of the molecule is CS(=O)(=O)CCc1cc(F)cc(-c2ccnc3[nH]c(-c4n[nH]c5ccc(-c6cncc(CNCC7CCCC7)c6)nc45)cc23)c1. The van der Waals surface area contributed by atoms with Crippen molar-refractivity contribution in [1.82, 2.24) is 35.5 Å². The molecule has 1 fully saturated rings. The summed E-state index contributed by atoms with van der Waals surface area (Å²) in [5.74, 6) is 0.309. The normalized spacial score (nSPS) is 14.2. The largest absolute Gasteiger partial charge is 0.338 e. The minimum atomic E-state index is -3.18. The van der Waals surface area contributed by atoms with Gasteiger partial charge in [0.2, 0.25) is 0 Å². The number of hydrogen-bond donors (Lipinski definition) is 3. The average Bonchev–Trinajstić information content (AvgIpc) is 3.79. The molecular weight excluding hydrogens is 589 g/mol. The van der Waals surface area contributed by atoms with Gasteiger partial charge in [0.15, 0.2) is 0 Å². The molecule has 0 atom stereocenters. The van der Waals surface area contributed by atoms with Crippen LogP contribution in [0.15, 0.2) is 67.1 Å². The molecule has 0 unspecified atom stereocenters. The molecule has 1 saturated carbocycles. The minimum absolute atomic E-state index is 0.0468. The molecule has 0 bridgehead atoms. The second-order valence-corrected chi connectivity index (χ2v) is 14.3. The van der Waals surface area contributed by atoms with Gasteiger partial charge in [0.1, 0.15) is 32.5 Å². The number of hydrogen-bond acceptors (Lipinski definition) is 7. The van der Waals surface area contributed by atoms with Crippen LogP contribution in [0, 0.1) is 11.7 Å². The molecule has 0 saturated heterocycles. The summed E-state index contributed by atoms with van der Waals surface area (Å²) in [6.07, 6.45) is 12.1. The highest BCUT2D eigenvalue weighted by atomic mass is 32.2. The molecule has 0 radical (unpaired) electrons. The van der Waals surface area contributed by atoms with Crippen molar-refractivity contribution in [2.75, 3.05) is 18.6 Å². The summed E-state index contributed by atoms with van der Waals surface area (Å²) in [4.78, 5) is 17.4. The van der Waals surface area contributed by atoms with E-state index < -0.39 is 15.7 Å². The molecule has 6 aromatic rings. The Labute approximate surface area is 260 Å². The molecule has 0 aliphatic heterocycles. The first kappa shape index (κ1) is 29.2. The van der Waals surface area contributed by atoms with Crippen LogP contribution >= 0.6 is 0 Å². The summed E-state index contributed by atoms with van der Waals surface area (Å²) in [5.41, 5.74) is 8.38. The predicted octanol–water partition coefficient (Wildman–Crippen LogP) is 6.24. The van der Waals surface area contributed by atoms with Gasteiger partial charge in [-0.2, -0.15) is 5.10 Å². The number of fused-ring (bicyclic) bond motifs is 2. The second-order valence-electron chi connectivity index (χ2n) is 12.1. The van der Waals surface area contributed by atoms with E-state index in [9.17, 15) is 12.8 Å². The van der Waals surface area contributed by atoms with Crippen molar-refractivity contribution in [3.8, 4) is 33.8 Å². The Hall–Kier alpha value is -4.48. The zero-order valence-corrected chi connectivity index (χ0v) is 25.8. The predicted molar refractivity (Wildman–Crippen MR) is 175 cm³/mol. The maximum absolute atomic E-state index is 14.7. The van der Waals surface area contributed by atoms with Gasteiger partial charge in [0, 0.05) is 42.3 Å². The first-order chi connectivity index (χ1) is 21.8. The topological polar surface area (TPSA) is 129 Å². The Balaban J connectivity index is 1.19. The van der Waals surface area contributed by atoms with Crippen molar-refractivity contribution in [2.24, 2.45) is 5.92 Å². The van der Waals surface area contributed by atoms with Crippen molar-refractivity contribution in [3.05, 3.63) is 84.1 Å². The summed E-state index contributed by atoms with van der Waals surface area (Å²) < 4.78 is 38.1. The van der Waals surface area contributed by atoms with Gasteiger partial charge in [0.25, 0.3) is 0 Å². The van der Waals surface area contributed by atoms with E-state index in [0.29, 0.717) is 28.0 Å². The van der Waals surface area contributed by atoms with Crippen LogP contribution in [0.4, 0.5) is 4.39 Å². The lowest BCUT2D eigenvalue weighted by Gasteiger charge is -2.11. The summed E-state index contributed by atoms with van der Waals surface area (Å²) in [5, 5.41) is 12.1. The molecule has 1 aromatic carbocycles. The van der Waals surface area contributed by atoms with Crippen molar-refractivity contribution in [1.29, 1.82) is 0 Å². The van der Waals surface area contributed by atoms with E-state index >= 15 is 0 Å². The number of H-pyrrole nitrogens is 2. The van der Waals surface area contributed by atoms with Gasteiger partial charge in [0.05, 0.1) is 22.7 Å². The van der Waals surface area contributed by atoms with E-state index in [1.807, 2.05) is 42.7 Å². The van der Waals surface area contributed by atoms with Crippen LogP contribution in [0.5, 0.6) is 0 Å². The molecule has 3 N–H and O–H groups in total. The maximum Gasteiger partial charge on any atom is 0.147 e. The molecule has 45 heavy (non-hydrogen) atoms. The summed E-state index contributed by atoms with van der Waals surface area (Å²) in [6.45, 7) is 1.81. The van der Waals surface area contributed by atoms with Crippen molar-refractivity contribution in [2.45, 2.75) is 38.6 Å². The molecule has 9 nitrogen and oxygen atoms in total. The Kier molecular flexibility index (Phi) is 7.88. The number of aromatic amines is 2. The lowest BCUT2D eigenvalue weighted by Crippen LogP contribution is -2.20. The van der Waals surface area contributed by atoms with Crippen LogP contribution in [-0.4, -0.2) is 57.1 Å². The summed E-state index contributed by atoms with van der Waals surface area (Å²) >= 11 is 0. The summed E-state index contributed by atoms with van der Waals surface area (Å²) in [7, 11) is -3.18. The number of sulfone groups is 1. The molecule has 1 aliphatic rings. The number of rotatable bonds is 10. The van der Waals surface area contributed by atoms with Gasteiger partial charge in [-0.05, 0) is 96.4 Å². The Morgan fingerprint density at radius 3 is 2.69 bits per heavy atom. The number of aromatic nitrogens is 6. The molecule has 230 valence electrons. The highest BCUT2D eigenvalue weighted by molar-refractivity contribution is 7.90. The van der Waals surface area contributed by atoms with E-state index in [1.165, 1.54) is 44.1 Å². The zero-order valence-electron chi connectivity index (χ0n) is 25.0. The van der Waals surface area contributed by atoms with Crippen LogP contribution in [0.3, 0.4) is 0 Å². The zero-order chi connectivity index (χ0) is 31.0. The molecule has 1 aliphatic carbocycles. The van der Waals surface area contributed by atoms with Crippen LogP contribution in [0.2, 0.25) is 0 Å². The number of halogens is 1. The Morgan fingerprint density at radius 2 is 1.84 bits per heavy atom. The van der Waals surface area contributed by atoms with Gasteiger partial charge in [-0.25, -0.2) is 22.8 Å². The van der Waals surface area contributed by atoms with Crippen molar-refractivity contribution in [3.63, 3.8) is 0 Å². The fourth-order valence-corrected chi connectivity index (χ4v) is 6.87. The molecule has 0 spiro atoms. The highest BCUT2D eigenvalue weighted by Gasteiger charge is 2.18. The van der Waals surface area contributed by atoms with Crippen molar-refractivity contribution < 1.29 is 12.8 Å². The molecule has 5 heterocycles. The van der Waals surface area contributed by atoms with E-state index in [1.54, 1.807) is 6.20 Å². The Bertz CT molecular complexity index is 2120. The third kappa shape index (κ3) is 6.50. The number of nitrogens with one attached hydrogen (secondary N) is 3. The molecular formula is C34H34FN7O2S. The van der Waals surface area contributed by atoms with Crippen LogP contribution < -0.4 is 5.32 Å².